The van der Waals surface area contributed by atoms with Crippen molar-refractivity contribution in [3.63, 3.8) is 0 Å². The van der Waals surface area contributed by atoms with Gasteiger partial charge in [0.2, 0.25) is 0 Å². The second-order valence-electron chi connectivity index (χ2n) is 6.99. The highest BCUT2D eigenvalue weighted by Crippen LogP contribution is 2.32. The lowest BCUT2D eigenvalue weighted by Crippen LogP contribution is -2.46. The molecule has 22 heavy (non-hydrogen) atoms. The van der Waals surface area contributed by atoms with Crippen LogP contribution < -0.4 is 0 Å². The number of nitrogens with zero attached hydrogens (tertiary/aromatic N) is 1. The maximum atomic E-state index is 5.52. The molecule has 1 saturated heterocycles. The molecule has 3 atom stereocenters. The maximum Gasteiger partial charge on any atom is 0.0594 e. The van der Waals surface area contributed by atoms with Crippen LogP contribution in [0, 0.1) is 11.8 Å². The minimum atomic E-state index is 0.617. The zero-order valence-electron chi connectivity index (χ0n) is 14.0. The average molecular weight is 299 g/mol. The molecule has 2 heteroatoms. The Kier molecular flexibility index (Phi) is 5.32. The molecule has 1 heterocycles. The van der Waals surface area contributed by atoms with Crippen LogP contribution in [0.1, 0.15) is 32.3 Å². The lowest BCUT2D eigenvalue weighted by molar-refractivity contribution is 0.0134. The van der Waals surface area contributed by atoms with Crippen LogP contribution in [-0.4, -0.2) is 37.2 Å². The molecular formula is C20H29NO. The number of morpholine rings is 1. The normalized spacial score (nSPS) is 28.2. The van der Waals surface area contributed by atoms with Crippen molar-refractivity contribution in [2.24, 2.45) is 11.8 Å². The third-order valence-corrected chi connectivity index (χ3v) is 5.34. The van der Waals surface area contributed by atoms with Gasteiger partial charge >= 0.3 is 0 Å². The average Bonchev–Trinajstić information content (AvgIpc) is 2.57. The molecule has 1 unspecified atom stereocenters. The van der Waals surface area contributed by atoms with Gasteiger partial charge in [0.25, 0.3) is 0 Å². The Hall–Kier alpha value is -1.12. The number of hydrogen-bond donors (Lipinski definition) is 0. The smallest absolute Gasteiger partial charge is 0.0594 e. The standard InChI is InChI=1S/C20H29NO/c1-16-8-9-19(15-20(16)21-10-12-22-13-11-21)17(2)14-18-6-4-3-5-7-18/h3-7,15-17,20H,8-14H2,1-2H3/t16-,17?,20-/m1/s1. The van der Waals surface area contributed by atoms with Crippen LogP contribution in [0.4, 0.5) is 0 Å². The Morgan fingerprint density at radius 2 is 1.91 bits per heavy atom. The number of rotatable bonds is 4. The summed E-state index contributed by atoms with van der Waals surface area (Å²) in [6, 6.07) is 11.5. The molecule has 1 aliphatic heterocycles. The van der Waals surface area contributed by atoms with Crippen LogP contribution >= 0.6 is 0 Å². The van der Waals surface area contributed by atoms with Crippen molar-refractivity contribution >= 4 is 0 Å². The van der Waals surface area contributed by atoms with E-state index in [1.54, 1.807) is 5.57 Å². The predicted octanol–water partition coefficient (Wildman–Crippen LogP) is 3.92. The van der Waals surface area contributed by atoms with Gasteiger partial charge in [-0.25, -0.2) is 0 Å². The Morgan fingerprint density at radius 1 is 1.18 bits per heavy atom. The molecule has 3 rings (SSSR count). The lowest BCUT2D eigenvalue weighted by Gasteiger charge is -2.40. The lowest BCUT2D eigenvalue weighted by atomic mass is 9.80. The number of hydrogen-bond acceptors (Lipinski definition) is 2. The van der Waals surface area contributed by atoms with Gasteiger partial charge in [-0.2, -0.15) is 0 Å². The first-order chi connectivity index (χ1) is 10.7. The fourth-order valence-electron chi connectivity index (χ4n) is 3.88. The van der Waals surface area contributed by atoms with Gasteiger partial charge in [-0.05, 0) is 36.7 Å². The van der Waals surface area contributed by atoms with Crippen molar-refractivity contribution in [3.8, 4) is 0 Å². The zero-order chi connectivity index (χ0) is 15.4. The minimum Gasteiger partial charge on any atom is -0.379 e. The van der Waals surface area contributed by atoms with E-state index >= 15 is 0 Å². The summed E-state index contributed by atoms with van der Waals surface area (Å²) in [4.78, 5) is 2.63. The van der Waals surface area contributed by atoms with E-state index < -0.39 is 0 Å². The number of allylic oxidation sites excluding steroid dienone is 1. The molecule has 0 bridgehead atoms. The first-order valence-corrected chi connectivity index (χ1v) is 8.80. The molecule has 1 aromatic carbocycles. The Morgan fingerprint density at radius 3 is 2.64 bits per heavy atom. The molecule has 1 fully saturated rings. The summed E-state index contributed by atoms with van der Waals surface area (Å²) >= 11 is 0. The van der Waals surface area contributed by atoms with Gasteiger partial charge in [-0.15, -0.1) is 0 Å². The molecule has 0 amide bonds. The third kappa shape index (κ3) is 3.80. The first kappa shape index (κ1) is 15.8. The maximum absolute atomic E-state index is 5.52. The summed E-state index contributed by atoms with van der Waals surface area (Å²) in [7, 11) is 0. The van der Waals surface area contributed by atoms with Crippen LogP contribution in [-0.2, 0) is 11.2 Å². The van der Waals surface area contributed by atoms with Gasteiger partial charge in [0.05, 0.1) is 13.2 Å². The summed E-state index contributed by atoms with van der Waals surface area (Å²) in [6.07, 6.45) is 6.35. The molecule has 0 spiro atoms. The van der Waals surface area contributed by atoms with E-state index in [4.69, 9.17) is 4.74 Å². The van der Waals surface area contributed by atoms with E-state index in [9.17, 15) is 0 Å². The molecule has 2 nitrogen and oxygen atoms in total. The van der Waals surface area contributed by atoms with E-state index in [-0.39, 0.29) is 0 Å². The number of ether oxygens (including phenoxy) is 1. The van der Waals surface area contributed by atoms with Gasteiger partial charge in [0, 0.05) is 19.1 Å². The summed E-state index contributed by atoms with van der Waals surface area (Å²) in [5.74, 6) is 1.42. The van der Waals surface area contributed by atoms with Crippen molar-refractivity contribution in [2.75, 3.05) is 26.3 Å². The molecule has 120 valence electrons. The van der Waals surface area contributed by atoms with Crippen LogP contribution in [0.2, 0.25) is 0 Å². The molecule has 2 aliphatic rings. The summed E-state index contributed by atoms with van der Waals surface area (Å²) in [6.45, 7) is 8.77. The van der Waals surface area contributed by atoms with Crippen molar-refractivity contribution in [3.05, 3.63) is 47.5 Å². The highest BCUT2D eigenvalue weighted by atomic mass is 16.5. The van der Waals surface area contributed by atoms with Crippen LogP contribution in [0.25, 0.3) is 0 Å². The highest BCUT2D eigenvalue weighted by molar-refractivity contribution is 5.21. The van der Waals surface area contributed by atoms with Gasteiger partial charge in [0.15, 0.2) is 0 Å². The fourth-order valence-corrected chi connectivity index (χ4v) is 3.88. The Balaban J connectivity index is 1.69. The molecule has 0 saturated carbocycles. The van der Waals surface area contributed by atoms with Crippen molar-refractivity contribution in [2.45, 2.75) is 39.2 Å². The monoisotopic (exact) mass is 299 g/mol. The second-order valence-corrected chi connectivity index (χ2v) is 6.99. The Bertz CT molecular complexity index is 490. The fraction of sp³-hybridized carbons (Fsp3) is 0.600. The highest BCUT2D eigenvalue weighted by Gasteiger charge is 2.29. The number of benzene rings is 1. The molecule has 0 aromatic heterocycles. The van der Waals surface area contributed by atoms with Crippen LogP contribution in [0.5, 0.6) is 0 Å². The van der Waals surface area contributed by atoms with Crippen molar-refractivity contribution in [1.29, 1.82) is 0 Å². The first-order valence-electron chi connectivity index (χ1n) is 8.80. The Labute approximate surface area is 135 Å². The molecular weight excluding hydrogens is 270 g/mol. The third-order valence-electron chi connectivity index (χ3n) is 5.34. The molecule has 0 radical (unpaired) electrons. The largest absolute Gasteiger partial charge is 0.379 e. The van der Waals surface area contributed by atoms with E-state index in [0.29, 0.717) is 12.0 Å². The summed E-state index contributed by atoms with van der Waals surface area (Å²) in [5.41, 5.74) is 3.12. The summed E-state index contributed by atoms with van der Waals surface area (Å²) in [5, 5.41) is 0. The topological polar surface area (TPSA) is 12.5 Å². The zero-order valence-corrected chi connectivity index (χ0v) is 14.0. The predicted molar refractivity (Wildman–Crippen MR) is 92.0 cm³/mol. The van der Waals surface area contributed by atoms with Crippen molar-refractivity contribution < 1.29 is 4.74 Å². The minimum absolute atomic E-state index is 0.617. The molecule has 1 aromatic rings. The van der Waals surface area contributed by atoms with E-state index in [0.717, 1.165) is 38.6 Å². The van der Waals surface area contributed by atoms with Gasteiger partial charge < -0.3 is 4.74 Å². The molecule has 1 aliphatic carbocycles. The quantitative estimate of drug-likeness (QED) is 0.781. The SMILES string of the molecule is CC(Cc1ccccc1)C1=C[C@@H](N2CCOCC2)[C@H](C)CC1. The van der Waals surface area contributed by atoms with Gasteiger partial charge in [0.1, 0.15) is 0 Å². The summed E-state index contributed by atoms with van der Waals surface area (Å²) < 4.78 is 5.52. The molecule has 0 N–H and O–H groups in total. The van der Waals surface area contributed by atoms with Gasteiger partial charge in [-0.1, -0.05) is 55.8 Å². The van der Waals surface area contributed by atoms with Gasteiger partial charge in [-0.3, -0.25) is 4.90 Å². The van der Waals surface area contributed by atoms with E-state index in [1.165, 1.54) is 18.4 Å². The van der Waals surface area contributed by atoms with Crippen LogP contribution in [0.15, 0.2) is 42.0 Å². The van der Waals surface area contributed by atoms with Crippen molar-refractivity contribution in [1.82, 2.24) is 4.90 Å². The van der Waals surface area contributed by atoms with Crippen LogP contribution in [0.3, 0.4) is 0 Å². The van der Waals surface area contributed by atoms with E-state index in [1.807, 2.05) is 0 Å². The second kappa shape index (κ2) is 7.43. The van der Waals surface area contributed by atoms with E-state index in [2.05, 4.69) is 55.2 Å².